The zero-order chi connectivity index (χ0) is 6.69. The van der Waals surface area contributed by atoms with Gasteiger partial charge in [0.1, 0.15) is 0 Å². The highest BCUT2D eigenvalue weighted by atomic mass is 16.3. The van der Waals surface area contributed by atoms with Crippen LogP contribution in [-0.4, -0.2) is 11.2 Å². The Morgan fingerprint density at radius 3 is 2.89 bits per heavy atom. The van der Waals surface area contributed by atoms with E-state index in [2.05, 4.69) is 6.92 Å². The van der Waals surface area contributed by atoms with E-state index in [-0.39, 0.29) is 6.10 Å². The van der Waals surface area contributed by atoms with Crippen molar-refractivity contribution in [2.45, 2.75) is 45.1 Å². The Hall–Kier alpha value is -0.0400. The molecule has 0 spiro atoms. The Balaban J connectivity index is 2.23. The van der Waals surface area contributed by atoms with Gasteiger partial charge in [-0.15, -0.1) is 0 Å². The molecule has 1 aliphatic rings. The van der Waals surface area contributed by atoms with Gasteiger partial charge in [-0.25, -0.2) is 0 Å². The van der Waals surface area contributed by atoms with E-state index < -0.39 is 0 Å². The normalized spacial score (nSPS) is 30.7. The lowest BCUT2D eigenvalue weighted by atomic mass is 9.86. The average molecular weight is 127 g/mol. The molecule has 53 valence electrons. The van der Waals surface area contributed by atoms with Gasteiger partial charge in [-0.05, 0) is 31.6 Å². The number of aliphatic hydroxyl groups is 1. The molecule has 0 aromatic carbocycles. The van der Waals surface area contributed by atoms with E-state index in [9.17, 15) is 5.11 Å². The molecule has 0 bridgehead atoms. The summed E-state index contributed by atoms with van der Waals surface area (Å²) in [6.07, 6.45) is 5.59. The highest BCUT2D eigenvalue weighted by Gasteiger charge is 2.18. The SMILES string of the molecule is CC[C]1CCCC(O)C1. The molecule has 1 unspecified atom stereocenters. The fourth-order valence-corrected chi connectivity index (χ4v) is 1.45. The summed E-state index contributed by atoms with van der Waals surface area (Å²) in [5.41, 5.74) is 0. The number of rotatable bonds is 1. The first-order chi connectivity index (χ1) is 4.33. The standard InChI is InChI=1S/C8H15O/c1-2-7-4-3-5-8(9)6-7/h8-9H,2-6H2,1H3. The second kappa shape index (κ2) is 3.21. The summed E-state index contributed by atoms with van der Waals surface area (Å²) in [4.78, 5) is 0. The summed E-state index contributed by atoms with van der Waals surface area (Å²) in [5, 5.41) is 9.19. The van der Waals surface area contributed by atoms with Crippen LogP contribution in [0.5, 0.6) is 0 Å². The Morgan fingerprint density at radius 1 is 1.67 bits per heavy atom. The van der Waals surface area contributed by atoms with Crippen molar-refractivity contribution in [1.82, 2.24) is 0 Å². The van der Waals surface area contributed by atoms with E-state index in [0.29, 0.717) is 0 Å². The lowest BCUT2D eigenvalue weighted by molar-refractivity contribution is 0.137. The number of hydrogen-bond donors (Lipinski definition) is 1. The van der Waals surface area contributed by atoms with Crippen molar-refractivity contribution in [3.63, 3.8) is 0 Å². The maximum atomic E-state index is 9.19. The van der Waals surface area contributed by atoms with Gasteiger partial charge in [0.15, 0.2) is 0 Å². The molecule has 0 aliphatic heterocycles. The molecule has 0 aromatic heterocycles. The molecule has 1 aliphatic carbocycles. The van der Waals surface area contributed by atoms with E-state index in [1.165, 1.54) is 12.8 Å². The molecular weight excluding hydrogens is 112 g/mol. The maximum Gasteiger partial charge on any atom is 0.0545 e. The largest absolute Gasteiger partial charge is 0.393 e. The van der Waals surface area contributed by atoms with Crippen molar-refractivity contribution in [3.8, 4) is 0 Å². The fourth-order valence-electron chi connectivity index (χ4n) is 1.45. The summed E-state index contributed by atoms with van der Waals surface area (Å²) >= 11 is 0. The van der Waals surface area contributed by atoms with Crippen molar-refractivity contribution in [2.24, 2.45) is 0 Å². The van der Waals surface area contributed by atoms with E-state index >= 15 is 0 Å². The summed E-state index contributed by atoms with van der Waals surface area (Å²) < 4.78 is 0. The fraction of sp³-hybridized carbons (Fsp3) is 0.875. The van der Waals surface area contributed by atoms with Gasteiger partial charge in [0.05, 0.1) is 6.10 Å². The summed E-state index contributed by atoms with van der Waals surface area (Å²) in [7, 11) is 0. The minimum Gasteiger partial charge on any atom is -0.393 e. The minimum absolute atomic E-state index is 0.0197. The lowest BCUT2D eigenvalue weighted by Crippen LogP contribution is -2.17. The molecule has 1 saturated carbocycles. The first-order valence-electron chi connectivity index (χ1n) is 3.84. The van der Waals surface area contributed by atoms with Crippen LogP contribution in [0.15, 0.2) is 0 Å². The zero-order valence-electron chi connectivity index (χ0n) is 6.06. The monoisotopic (exact) mass is 127 g/mol. The van der Waals surface area contributed by atoms with Gasteiger partial charge >= 0.3 is 0 Å². The van der Waals surface area contributed by atoms with Crippen LogP contribution in [0.25, 0.3) is 0 Å². The third-order valence-electron chi connectivity index (χ3n) is 2.09. The van der Waals surface area contributed by atoms with Crippen LogP contribution in [0.1, 0.15) is 39.0 Å². The minimum atomic E-state index is -0.0197. The molecule has 0 heterocycles. The van der Waals surface area contributed by atoms with E-state index in [4.69, 9.17) is 0 Å². The quantitative estimate of drug-likeness (QED) is 0.570. The highest BCUT2D eigenvalue weighted by molar-refractivity contribution is 4.93. The molecule has 1 N–H and O–H groups in total. The lowest BCUT2D eigenvalue weighted by Gasteiger charge is -2.23. The third kappa shape index (κ3) is 1.98. The van der Waals surface area contributed by atoms with Gasteiger partial charge in [-0.3, -0.25) is 0 Å². The summed E-state index contributed by atoms with van der Waals surface area (Å²) in [6, 6.07) is 0. The van der Waals surface area contributed by atoms with Crippen LogP contribution in [0.4, 0.5) is 0 Å². The Morgan fingerprint density at radius 2 is 2.44 bits per heavy atom. The molecule has 0 aromatic rings. The molecule has 1 heteroatoms. The first kappa shape index (κ1) is 7.07. The second-order valence-electron chi connectivity index (χ2n) is 2.85. The smallest absolute Gasteiger partial charge is 0.0545 e. The molecule has 1 rings (SSSR count). The predicted molar refractivity (Wildman–Crippen MR) is 38.0 cm³/mol. The zero-order valence-corrected chi connectivity index (χ0v) is 6.06. The van der Waals surface area contributed by atoms with Crippen LogP contribution in [0.2, 0.25) is 0 Å². The molecule has 1 radical (unpaired) electrons. The van der Waals surface area contributed by atoms with Crippen molar-refractivity contribution < 1.29 is 5.11 Å². The van der Waals surface area contributed by atoms with Crippen LogP contribution in [-0.2, 0) is 0 Å². The molecule has 1 fully saturated rings. The third-order valence-corrected chi connectivity index (χ3v) is 2.09. The van der Waals surface area contributed by atoms with Gasteiger partial charge in [-0.2, -0.15) is 0 Å². The van der Waals surface area contributed by atoms with E-state index in [1.807, 2.05) is 0 Å². The molecule has 1 atom stereocenters. The highest BCUT2D eigenvalue weighted by Crippen LogP contribution is 2.27. The molecule has 9 heavy (non-hydrogen) atoms. The van der Waals surface area contributed by atoms with Gasteiger partial charge in [0.25, 0.3) is 0 Å². The van der Waals surface area contributed by atoms with Crippen molar-refractivity contribution in [3.05, 3.63) is 5.92 Å². The summed E-state index contributed by atoms with van der Waals surface area (Å²) in [5.74, 6) is 1.55. The molecule has 0 saturated heterocycles. The van der Waals surface area contributed by atoms with E-state index in [0.717, 1.165) is 19.3 Å². The average Bonchev–Trinajstić information content (AvgIpc) is 1.88. The second-order valence-corrected chi connectivity index (χ2v) is 2.85. The van der Waals surface area contributed by atoms with Gasteiger partial charge in [0, 0.05) is 0 Å². The maximum absolute atomic E-state index is 9.19. The van der Waals surface area contributed by atoms with Gasteiger partial charge in [0.2, 0.25) is 0 Å². The Bertz CT molecular complexity index is 80.6. The van der Waals surface area contributed by atoms with Crippen LogP contribution in [0, 0.1) is 5.92 Å². The Labute approximate surface area is 57.1 Å². The molecule has 1 nitrogen and oxygen atoms in total. The Kier molecular flexibility index (Phi) is 2.52. The van der Waals surface area contributed by atoms with Gasteiger partial charge < -0.3 is 5.11 Å². The summed E-state index contributed by atoms with van der Waals surface area (Å²) in [6.45, 7) is 2.17. The molecule has 0 amide bonds. The van der Waals surface area contributed by atoms with Crippen molar-refractivity contribution in [1.29, 1.82) is 0 Å². The number of hydrogen-bond acceptors (Lipinski definition) is 1. The van der Waals surface area contributed by atoms with Crippen LogP contribution >= 0.6 is 0 Å². The number of aliphatic hydroxyl groups excluding tert-OH is 1. The molecular formula is C8H15O. The van der Waals surface area contributed by atoms with Crippen LogP contribution < -0.4 is 0 Å². The van der Waals surface area contributed by atoms with Gasteiger partial charge in [-0.1, -0.05) is 13.3 Å². The van der Waals surface area contributed by atoms with Crippen molar-refractivity contribution in [2.75, 3.05) is 0 Å². The predicted octanol–water partition coefficient (Wildman–Crippen LogP) is 1.91. The first-order valence-corrected chi connectivity index (χ1v) is 3.84. The van der Waals surface area contributed by atoms with Crippen LogP contribution in [0.3, 0.4) is 0 Å². The topological polar surface area (TPSA) is 20.2 Å². The van der Waals surface area contributed by atoms with Crippen molar-refractivity contribution >= 4 is 0 Å². The van der Waals surface area contributed by atoms with E-state index in [1.54, 1.807) is 5.92 Å².